The Balaban J connectivity index is 2.68. The lowest BCUT2D eigenvalue weighted by atomic mass is 9.80. The van der Waals surface area contributed by atoms with Gasteiger partial charge in [0.25, 0.3) is 0 Å². The lowest BCUT2D eigenvalue weighted by molar-refractivity contribution is -0.991. The Bertz CT molecular complexity index is 782. The number of hydrogen-bond donors (Lipinski definition) is 3. The number of methoxy groups -OCH3 is 1. The Labute approximate surface area is 151 Å². The number of ether oxygens (including phenoxy) is 2. The first-order valence-corrected chi connectivity index (χ1v) is 8.09. The van der Waals surface area contributed by atoms with Gasteiger partial charge in [0.15, 0.2) is 5.69 Å². The quantitative estimate of drug-likeness (QED) is 0.530. The van der Waals surface area contributed by atoms with Crippen LogP contribution in [0.4, 0.5) is 5.69 Å². The maximum atomic E-state index is 12.6. The average Bonchev–Trinajstić information content (AvgIpc) is 2.60. The number of dihydropyridines is 1. The highest BCUT2D eigenvalue weighted by molar-refractivity contribution is 5.99. The number of carbonyl (C=O) groups excluding carboxylic acids is 2. The monoisotopic (exact) mass is 362 g/mol. The van der Waals surface area contributed by atoms with Crippen LogP contribution in [0.25, 0.3) is 0 Å². The molecule has 0 saturated carbocycles. The number of hydrogen-bond acceptors (Lipinski definition) is 7. The Morgan fingerprint density at radius 3 is 2.38 bits per heavy atom. The Morgan fingerprint density at radius 2 is 1.85 bits per heavy atom. The van der Waals surface area contributed by atoms with Crippen molar-refractivity contribution in [3.05, 3.63) is 57.6 Å². The molecule has 8 nitrogen and oxygen atoms in total. The van der Waals surface area contributed by atoms with E-state index in [1.54, 1.807) is 32.9 Å². The molecule has 2 unspecified atom stereocenters. The molecule has 1 heterocycles. The van der Waals surface area contributed by atoms with Crippen LogP contribution in [0.5, 0.6) is 0 Å². The molecule has 0 aromatic heterocycles. The van der Waals surface area contributed by atoms with Gasteiger partial charge >= 0.3 is 11.9 Å². The first-order valence-electron chi connectivity index (χ1n) is 8.09. The molecule has 8 heteroatoms. The van der Waals surface area contributed by atoms with E-state index in [0.29, 0.717) is 17.0 Å². The first-order chi connectivity index (χ1) is 12.3. The third kappa shape index (κ3) is 3.77. The Kier molecular flexibility index (Phi) is 6.14. The first kappa shape index (κ1) is 19.6. The minimum Gasteiger partial charge on any atom is -0.595 e. The van der Waals surface area contributed by atoms with E-state index in [-0.39, 0.29) is 23.4 Å². The number of carbonyl (C=O) groups is 2. The molecule has 1 aliphatic heterocycles. The molecule has 1 aliphatic rings. The number of allylic oxidation sites excluding steroid dienone is 2. The van der Waals surface area contributed by atoms with Crippen LogP contribution in [-0.4, -0.2) is 30.9 Å². The van der Waals surface area contributed by atoms with Crippen molar-refractivity contribution in [2.45, 2.75) is 26.7 Å². The molecule has 2 rings (SSSR count). The van der Waals surface area contributed by atoms with E-state index < -0.39 is 23.1 Å². The molecule has 0 fully saturated rings. The molecule has 26 heavy (non-hydrogen) atoms. The van der Waals surface area contributed by atoms with Crippen molar-refractivity contribution in [3.8, 4) is 0 Å². The van der Waals surface area contributed by atoms with Crippen LogP contribution in [0.1, 0.15) is 32.3 Å². The van der Waals surface area contributed by atoms with E-state index in [2.05, 4.69) is 5.32 Å². The molecule has 0 spiro atoms. The third-order valence-corrected chi connectivity index (χ3v) is 4.13. The fourth-order valence-electron chi connectivity index (χ4n) is 3.04. The molecule has 0 radical (unpaired) electrons. The highest BCUT2D eigenvalue weighted by atomic mass is 16.8. The molecule has 1 aromatic rings. The average molecular weight is 362 g/mol. The number of quaternary nitrogens is 1. The number of esters is 2. The van der Waals surface area contributed by atoms with Gasteiger partial charge in [-0.25, -0.2) is 14.8 Å². The third-order valence-electron chi connectivity index (χ3n) is 4.13. The summed E-state index contributed by atoms with van der Waals surface area (Å²) in [5, 5.41) is 22.5. The molecule has 0 aliphatic carbocycles. The van der Waals surface area contributed by atoms with Gasteiger partial charge in [-0.3, -0.25) is 0 Å². The summed E-state index contributed by atoms with van der Waals surface area (Å²) in [7, 11) is 1.25. The Morgan fingerprint density at radius 1 is 1.23 bits per heavy atom. The van der Waals surface area contributed by atoms with Crippen LogP contribution < -0.4 is 10.5 Å². The van der Waals surface area contributed by atoms with Crippen LogP contribution in [0.15, 0.2) is 46.8 Å². The van der Waals surface area contributed by atoms with E-state index in [1.165, 1.54) is 19.2 Å². The maximum absolute atomic E-state index is 12.6. The molecule has 3 N–H and O–H groups in total. The summed E-state index contributed by atoms with van der Waals surface area (Å²) in [5.41, 5.74) is 2.12. The van der Waals surface area contributed by atoms with Crippen molar-refractivity contribution < 1.29 is 29.5 Å². The van der Waals surface area contributed by atoms with E-state index >= 15 is 0 Å². The fraction of sp³-hybridized carbons (Fsp3) is 0.333. The van der Waals surface area contributed by atoms with Crippen molar-refractivity contribution in [1.29, 1.82) is 0 Å². The summed E-state index contributed by atoms with van der Waals surface area (Å²) in [5.74, 6) is -1.96. The topological polar surface area (TPSA) is 112 Å². The van der Waals surface area contributed by atoms with Gasteiger partial charge in [0, 0.05) is 23.5 Å². The molecule has 0 saturated heterocycles. The summed E-state index contributed by atoms with van der Waals surface area (Å²) < 4.78 is 10.0. The van der Waals surface area contributed by atoms with Crippen molar-refractivity contribution in [1.82, 2.24) is 5.32 Å². The predicted molar refractivity (Wildman–Crippen MR) is 92.1 cm³/mol. The van der Waals surface area contributed by atoms with Gasteiger partial charge in [-0.05, 0) is 26.3 Å². The zero-order valence-corrected chi connectivity index (χ0v) is 15.1. The second kappa shape index (κ2) is 8.13. The van der Waals surface area contributed by atoms with Crippen molar-refractivity contribution in [2.75, 3.05) is 13.7 Å². The molecule has 140 valence electrons. The highest BCUT2D eigenvalue weighted by Gasteiger charge is 2.38. The van der Waals surface area contributed by atoms with Gasteiger partial charge in [0.2, 0.25) is 0 Å². The van der Waals surface area contributed by atoms with E-state index in [4.69, 9.17) is 9.47 Å². The normalized spacial score (nSPS) is 18.3. The largest absolute Gasteiger partial charge is 0.595 e. The van der Waals surface area contributed by atoms with Gasteiger partial charge in [-0.1, -0.05) is 12.1 Å². The number of rotatable bonds is 5. The smallest absolute Gasteiger partial charge is 0.336 e. The van der Waals surface area contributed by atoms with Gasteiger partial charge in [-0.2, -0.15) is 5.23 Å². The predicted octanol–water partition coefficient (Wildman–Crippen LogP) is 1.06. The van der Waals surface area contributed by atoms with Crippen molar-refractivity contribution in [2.24, 2.45) is 0 Å². The van der Waals surface area contributed by atoms with Gasteiger partial charge in [0.1, 0.15) is 0 Å². The minimum absolute atomic E-state index is 0.0590. The van der Waals surface area contributed by atoms with Gasteiger partial charge in [0.05, 0.1) is 30.8 Å². The molecular formula is C18H22N2O6. The van der Waals surface area contributed by atoms with Crippen LogP contribution in [0, 0.1) is 5.21 Å². The second-order valence-corrected chi connectivity index (χ2v) is 5.78. The molecule has 0 amide bonds. The number of nitrogens with one attached hydrogen (secondary N) is 2. The number of benzene rings is 1. The lowest BCUT2D eigenvalue weighted by Crippen LogP contribution is -2.99. The summed E-state index contributed by atoms with van der Waals surface area (Å²) in [4.78, 5) is 25.0. The zero-order chi connectivity index (χ0) is 19.4. The van der Waals surface area contributed by atoms with Gasteiger partial charge < -0.3 is 20.0 Å². The van der Waals surface area contributed by atoms with Gasteiger partial charge in [-0.15, -0.1) is 0 Å². The summed E-state index contributed by atoms with van der Waals surface area (Å²) in [6.07, 6.45) is 0. The molecule has 2 atom stereocenters. The summed E-state index contributed by atoms with van der Waals surface area (Å²) >= 11 is 0. The maximum Gasteiger partial charge on any atom is 0.336 e. The Hall–Kier alpha value is -2.68. The minimum atomic E-state index is -1.10. The van der Waals surface area contributed by atoms with Crippen molar-refractivity contribution >= 4 is 17.6 Å². The lowest BCUT2D eigenvalue weighted by Gasteiger charge is -2.30. The van der Waals surface area contributed by atoms with Crippen LogP contribution in [0.3, 0.4) is 0 Å². The van der Waals surface area contributed by atoms with E-state index in [1.807, 2.05) is 0 Å². The van der Waals surface area contributed by atoms with Crippen LogP contribution in [-0.2, 0) is 19.1 Å². The van der Waals surface area contributed by atoms with E-state index in [9.17, 15) is 20.0 Å². The zero-order valence-electron chi connectivity index (χ0n) is 15.1. The molecular weight excluding hydrogens is 340 g/mol. The molecule has 0 bridgehead atoms. The highest BCUT2D eigenvalue weighted by Crippen LogP contribution is 2.39. The van der Waals surface area contributed by atoms with Crippen LogP contribution in [0.2, 0.25) is 0 Å². The van der Waals surface area contributed by atoms with Crippen LogP contribution >= 0.6 is 0 Å². The van der Waals surface area contributed by atoms with E-state index in [0.717, 1.165) is 0 Å². The SMILES string of the molecule is CCOC(=O)C1=C(C)NC(C)=C(C(=O)OC)C1c1cccc([NH+]([O-])O)c1. The molecule has 1 aromatic carbocycles. The standard InChI is InChI=1S/C18H22N2O6/c1-5-26-18(22)15-11(3)19-10(2)14(17(21)25-4)16(15)12-7-6-8-13(9-12)20(23)24/h6-9,16,19-20,23H,5H2,1-4H3. The second-order valence-electron chi connectivity index (χ2n) is 5.78. The van der Waals surface area contributed by atoms with Crippen molar-refractivity contribution in [3.63, 3.8) is 0 Å². The summed E-state index contributed by atoms with van der Waals surface area (Å²) in [6.45, 7) is 5.27. The summed E-state index contributed by atoms with van der Waals surface area (Å²) in [6, 6.07) is 6.14. The fourth-order valence-corrected chi connectivity index (χ4v) is 3.04.